The van der Waals surface area contributed by atoms with Crippen molar-refractivity contribution in [2.24, 2.45) is 11.3 Å². The molecule has 1 N–H and O–H groups in total. The second-order valence-corrected chi connectivity index (χ2v) is 7.36. The molecule has 14 heavy (non-hydrogen) atoms. The maximum atomic E-state index is 10.8. The molecule has 0 aromatic rings. The lowest BCUT2D eigenvalue weighted by Crippen LogP contribution is -2.32. The summed E-state index contributed by atoms with van der Waals surface area (Å²) in [5.41, 5.74) is 0.276. The molecular formula is C10H23NO2S. The molecule has 0 rings (SSSR count). The Bertz CT molecular complexity index is 252. The van der Waals surface area contributed by atoms with E-state index in [9.17, 15) is 8.42 Å². The number of rotatable bonds is 5. The van der Waals surface area contributed by atoms with Crippen molar-refractivity contribution in [3.05, 3.63) is 0 Å². The van der Waals surface area contributed by atoms with Crippen LogP contribution in [0.15, 0.2) is 0 Å². The Kier molecular flexibility index (Phi) is 5.09. The Hall–Kier alpha value is -0.0900. The SMILES string of the molecule is CC(CNCCS(C)(=O)=O)C(C)(C)C. The van der Waals surface area contributed by atoms with Gasteiger partial charge in [0.2, 0.25) is 0 Å². The fourth-order valence-electron chi connectivity index (χ4n) is 0.882. The molecule has 1 atom stereocenters. The van der Waals surface area contributed by atoms with Crippen LogP contribution in [-0.2, 0) is 9.84 Å². The molecule has 0 saturated heterocycles. The predicted molar refractivity (Wildman–Crippen MR) is 61.2 cm³/mol. The number of sulfone groups is 1. The molecular weight excluding hydrogens is 198 g/mol. The van der Waals surface area contributed by atoms with Crippen molar-refractivity contribution < 1.29 is 8.42 Å². The summed E-state index contributed by atoms with van der Waals surface area (Å²) < 4.78 is 21.7. The first-order valence-electron chi connectivity index (χ1n) is 5.01. The zero-order valence-corrected chi connectivity index (χ0v) is 10.7. The van der Waals surface area contributed by atoms with Gasteiger partial charge in [-0.25, -0.2) is 8.42 Å². The van der Waals surface area contributed by atoms with Crippen molar-refractivity contribution in [3.63, 3.8) is 0 Å². The molecule has 4 heteroatoms. The average molecular weight is 221 g/mol. The predicted octanol–water partition coefficient (Wildman–Crippen LogP) is 1.30. The van der Waals surface area contributed by atoms with Crippen LogP contribution in [-0.4, -0.2) is 33.5 Å². The zero-order chi connectivity index (χ0) is 11.4. The third-order valence-corrected chi connectivity index (χ3v) is 3.52. The Morgan fingerprint density at radius 3 is 2.14 bits per heavy atom. The Balaban J connectivity index is 3.66. The van der Waals surface area contributed by atoms with E-state index in [1.54, 1.807) is 0 Å². The van der Waals surface area contributed by atoms with E-state index in [0.717, 1.165) is 6.54 Å². The highest BCUT2D eigenvalue weighted by molar-refractivity contribution is 7.90. The second-order valence-electron chi connectivity index (χ2n) is 5.10. The lowest BCUT2D eigenvalue weighted by molar-refractivity contribution is 0.254. The van der Waals surface area contributed by atoms with Crippen molar-refractivity contribution >= 4 is 9.84 Å². The van der Waals surface area contributed by atoms with Gasteiger partial charge < -0.3 is 5.32 Å². The van der Waals surface area contributed by atoms with Crippen molar-refractivity contribution in [3.8, 4) is 0 Å². The average Bonchev–Trinajstić information content (AvgIpc) is 1.93. The molecule has 0 aliphatic rings. The first-order chi connectivity index (χ1) is 6.13. The molecule has 3 nitrogen and oxygen atoms in total. The van der Waals surface area contributed by atoms with E-state index in [-0.39, 0.29) is 11.2 Å². The van der Waals surface area contributed by atoms with Crippen LogP contribution in [0.1, 0.15) is 27.7 Å². The van der Waals surface area contributed by atoms with E-state index < -0.39 is 9.84 Å². The minimum Gasteiger partial charge on any atom is -0.315 e. The summed E-state index contributed by atoms with van der Waals surface area (Å²) in [5.74, 6) is 0.770. The normalized spacial score (nSPS) is 15.5. The van der Waals surface area contributed by atoms with Crippen LogP contribution in [0.2, 0.25) is 0 Å². The van der Waals surface area contributed by atoms with Gasteiger partial charge in [0.15, 0.2) is 0 Å². The van der Waals surface area contributed by atoms with Gasteiger partial charge in [0.25, 0.3) is 0 Å². The van der Waals surface area contributed by atoms with E-state index in [1.807, 2.05) is 0 Å². The van der Waals surface area contributed by atoms with Crippen LogP contribution in [0, 0.1) is 11.3 Å². The minimum atomic E-state index is -2.82. The quantitative estimate of drug-likeness (QED) is 0.712. The molecule has 0 aromatic heterocycles. The molecule has 0 aliphatic heterocycles. The van der Waals surface area contributed by atoms with Crippen LogP contribution < -0.4 is 5.32 Å². The Morgan fingerprint density at radius 2 is 1.79 bits per heavy atom. The minimum absolute atomic E-state index is 0.226. The van der Waals surface area contributed by atoms with E-state index in [0.29, 0.717) is 12.5 Å². The van der Waals surface area contributed by atoms with Gasteiger partial charge in [-0.2, -0.15) is 0 Å². The molecule has 0 saturated carbocycles. The first kappa shape index (κ1) is 13.9. The summed E-state index contributed by atoms with van der Waals surface area (Å²) in [4.78, 5) is 0. The van der Waals surface area contributed by atoms with Crippen LogP contribution in [0.4, 0.5) is 0 Å². The van der Waals surface area contributed by atoms with Gasteiger partial charge in [0.05, 0.1) is 5.75 Å². The molecule has 1 unspecified atom stereocenters. The summed E-state index contributed by atoms with van der Waals surface area (Å²) >= 11 is 0. The molecule has 0 aromatic carbocycles. The van der Waals surface area contributed by atoms with E-state index in [4.69, 9.17) is 0 Å². The molecule has 0 aliphatic carbocycles. The maximum absolute atomic E-state index is 10.8. The Morgan fingerprint density at radius 1 is 1.29 bits per heavy atom. The first-order valence-corrected chi connectivity index (χ1v) is 7.07. The lowest BCUT2D eigenvalue weighted by Gasteiger charge is -2.27. The highest BCUT2D eigenvalue weighted by atomic mass is 32.2. The van der Waals surface area contributed by atoms with Crippen LogP contribution in [0.25, 0.3) is 0 Å². The van der Waals surface area contributed by atoms with Crippen LogP contribution in [0.3, 0.4) is 0 Å². The van der Waals surface area contributed by atoms with Crippen molar-refractivity contribution in [2.75, 3.05) is 25.1 Å². The maximum Gasteiger partial charge on any atom is 0.148 e. The number of hydrogen-bond acceptors (Lipinski definition) is 3. The highest BCUT2D eigenvalue weighted by Crippen LogP contribution is 2.24. The topological polar surface area (TPSA) is 46.2 Å². The summed E-state index contributed by atoms with van der Waals surface area (Å²) in [6.45, 7) is 10.2. The molecule has 0 fully saturated rings. The van der Waals surface area contributed by atoms with E-state index in [1.165, 1.54) is 6.26 Å². The molecule has 0 amide bonds. The van der Waals surface area contributed by atoms with Crippen molar-refractivity contribution in [2.45, 2.75) is 27.7 Å². The summed E-state index contributed by atoms with van der Waals surface area (Å²) in [6, 6.07) is 0. The third kappa shape index (κ3) is 7.33. The molecule has 0 heterocycles. The van der Waals surface area contributed by atoms with Crippen molar-refractivity contribution in [1.29, 1.82) is 0 Å². The van der Waals surface area contributed by atoms with E-state index >= 15 is 0 Å². The summed E-state index contributed by atoms with van der Waals surface area (Å²) in [5, 5.41) is 3.17. The lowest BCUT2D eigenvalue weighted by atomic mass is 9.82. The largest absolute Gasteiger partial charge is 0.315 e. The van der Waals surface area contributed by atoms with Gasteiger partial charge in [0.1, 0.15) is 9.84 Å². The third-order valence-electron chi connectivity index (χ3n) is 2.58. The summed E-state index contributed by atoms with van der Waals surface area (Å²) in [6.07, 6.45) is 1.27. The number of nitrogens with one attached hydrogen (secondary N) is 1. The van der Waals surface area contributed by atoms with Crippen LogP contribution >= 0.6 is 0 Å². The van der Waals surface area contributed by atoms with Gasteiger partial charge in [0, 0.05) is 12.8 Å². The zero-order valence-electron chi connectivity index (χ0n) is 9.92. The fourth-order valence-corrected chi connectivity index (χ4v) is 1.40. The molecule has 0 radical (unpaired) electrons. The van der Waals surface area contributed by atoms with Crippen molar-refractivity contribution in [1.82, 2.24) is 5.32 Å². The Labute approximate surface area is 88.2 Å². The van der Waals surface area contributed by atoms with Gasteiger partial charge in [-0.1, -0.05) is 27.7 Å². The van der Waals surface area contributed by atoms with Gasteiger partial charge >= 0.3 is 0 Å². The number of hydrogen-bond donors (Lipinski definition) is 1. The van der Waals surface area contributed by atoms with Gasteiger partial charge in [-0.3, -0.25) is 0 Å². The monoisotopic (exact) mass is 221 g/mol. The second kappa shape index (κ2) is 5.12. The van der Waals surface area contributed by atoms with Gasteiger partial charge in [-0.15, -0.1) is 0 Å². The van der Waals surface area contributed by atoms with Crippen LogP contribution in [0.5, 0.6) is 0 Å². The highest BCUT2D eigenvalue weighted by Gasteiger charge is 2.19. The standard InChI is InChI=1S/C10H23NO2S/c1-9(10(2,3)4)8-11-6-7-14(5,12)13/h9,11H,6-8H2,1-5H3. The van der Waals surface area contributed by atoms with E-state index in [2.05, 4.69) is 33.0 Å². The fraction of sp³-hybridized carbons (Fsp3) is 1.00. The molecule has 86 valence electrons. The smallest absolute Gasteiger partial charge is 0.148 e. The molecule has 0 spiro atoms. The molecule has 0 bridgehead atoms. The summed E-state index contributed by atoms with van der Waals surface area (Å²) in [7, 11) is -2.82. The van der Waals surface area contributed by atoms with Gasteiger partial charge in [-0.05, 0) is 17.9 Å².